The predicted octanol–water partition coefficient (Wildman–Crippen LogP) is 1.32. The summed E-state index contributed by atoms with van der Waals surface area (Å²) in [6.07, 6.45) is 1.83. The van der Waals surface area contributed by atoms with Gasteiger partial charge in [-0.3, -0.25) is 0 Å². The molecule has 1 fully saturated rings. The van der Waals surface area contributed by atoms with Crippen LogP contribution in [-0.4, -0.2) is 37.3 Å². The van der Waals surface area contributed by atoms with Crippen LogP contribution in [0.15, 0.2) is 16.7 Å². The normalized spacial score (nSPS) is 21.2. The zero-order chi connectivity index (χ0) is 11.5. The van der Waals surface area contributed by atoms with Gasteiger partial charge in [-0.2, -0.15) is 0 Å². The highest BCUT2D eigenvalue weighted by Gasteiger charge is 2.24. The Morgan fingerprint density at radius 1 is 1.69 bits per heavy atom. The second-order valence-corrected chi connectivity index (χ2v) is 4.72. The summed E-state index contributed by atoms with van der Waals surface area (Å²) in [4.78, 5) is 6.65. The molecule has 2 N–H and O–H groups in total. The number of aromatic nitrogens is 1. The summed E-state index contributed by atoms with van der Waals surface area (Å²) in [5, 5.41) is 0. The second-order valence-electron chi connectivity index (χ2n) is 3.92. The highest BCUT2D eigenvalue weighted by Crippen LogP contribution is 2.28. The standard InChI is InChI=1S/C11H16BrN3O/c1-8-2-3-14-11(10(8)12)15-4-5-16-7-9(15)6-13/h2-3,9H,4-7,13H2,1H3. The van der Waals surface area contributed by atoms with Crippen LogP contribution in [0.2, 0.25) is 0 Å². The first-order valence-corrected chi connectivity index (χ1v) is 6.19. The van der Waals surface area contributed by atoms with Crippen molar-refractivity contribution in [3.63, 3.8) is 0 Å². The Hall–Kier alpha value is -0.650. The zero-order valence-corrected chi connectivity index (χ0v) is 10.9. The van der Waals surface area contributed by atoms with Crippen molar-refractivity contribution in [3.8, 4) is 0 Å². The van der Waals surface area contributed by atoms with Gasteiger partial charge in [0.2, 0.25) is 0 Å². The lowest BCUT2D eigenvalue weighted by Gasteiger charge is -2.36. The van der Waals surface area contributed by atoms with Gasteiger partial charge in [0.05, 0.1) is 23.7 Å². The number of nitrogens with two attached hydrogens (primary N) is 1. The van der Waals surface area contributed by atoms with Crippen LogP contribution < -0.4 is 10.6 Å². The molecule has 1 saturated heterocycles. The number of halogens is 1. The molecule has 1 aromatic heterocycles. The number of nitrogens with zero attached hydrogens (tertiary/aromatic N) is 2. The minimum absolute atomic E-state index is 0.222. The molecule has 16 heavy (non-hydrogen) atoms. The molecular formula is C11H16BrN3O. The van der Waals surface area contributed by atoms with Crippen LogP contribution in [0, 0.1) is 6.92 Å². The fourth-order valence-corrected chi connectivity index (χ4v) is 2.32. The third-order valence-electron chi connectivity index (χ3n) is 2.84. The summed E-state index contributed by atoms with van der Waals surface area (Å²) in [6, 6.07) is 2.21. The molecule has 2 rings (SSSR count). The lowest BCUT2D eigenvalue weighted by atomic mass is 10.2. The van der Waals surface area contributed by atoms with Crippen LogP contribution in [0.25, 0.3) is 0 Å². The molecule has 1 aliphatic rings. The summed E-state index contributed by atoms with van der Waals surface area (Å²) in [5.74, 6) is 0.971. The van der Waals surface area contributed by atoms with Crippen molar-refractivity contribution in [3.05, 3.63) is 22.3 Å². The number of rotatable bonds is 2. The first-order chi connectivity index (χ1) is 7.74. The van der Waals surface area contributed by atoms with Crippen LogP contribution in [0.3, 0.4) is 0 Å². The fourth-order valence-electron chi connectivity index (χ4n) is 1.86. The topological polar surface area (TPSA) is 51.4 Å². The molecule has 2 heterocycles. The van der Waals surface area contributed by atoms with Crippen molar-refractivity contribution in [2.45, 2.75) is 13.0 Å². The van der Waals surface area contributed by atoms with E-state index in [1.807, 2.05) is 12.3 Å². The van der Waals surface area contributed by atoms with Crippen molar-refractivity contribution < 1.29 is 4.74 Å². The third kappa shape index (κ3) is 2.21. The van der Waals surface area contributed by atoms with Gasteiger partial charge in [-0.1, -0.05) is 0 Å². The Balaban J connectivity index is 2.30. The summed E-state index contributed by atoms with van der Waals surface area (Å²) in [6.45, 7) is 4.91. The molecule has 0 aliphatic carbocycles. The number of hydrogen-bond acceptors (Lipinski definition) is 4. The van der Waals surface area contributed by atoms with Gasteiger partial charge in [-0.25, -0.2) is 4.98 Å². The molecule has 0 amide bonds. The number of morpholine rings is 1. The van der Waals surface area contributed by atoms with E-state index in [1.54, 1.807) is 0 Å². The van der Waals surface area contributed by atoms with E-state index < -0.39 is 0 Å². The number of anilines is 1. The Bertz CT molecular complexity index is 372. The van der Waals surface area contributed by atoms with Crippen LogP contribution >= 0.6 is 15.9 Å². The van der Waals surface area contributed by atoms with E-state index in [9.17, 15) is 0 Å². The van der Waals surface area contributed by atoms with E-state index in [1.165, 1.54) is 5.56 Å². The van der Waals surface area contributed by atoms with Gasteiger partial charge in [-0.05, 0) is 34.5 Å². The summed E-state index contributed by atoms with van der Waals surface area (Å²) < 4.78 is 6.48. The first kappa shape index (κ1) is 11.8. The van der Waals surface area contributed by atoms with Crippen molar-refractivity contribution in [1.29, 1.82) is 0 Å². The molecule has 5 heteroatoms. The van der Waals surface area contributed by atoms with Gasteiger partial charge in [0.1, 0.15) is 5.82 Å². The Kier molecular flexibility index (Phi) is 3.78. The smallest absolute Gasteiger partial charge is 0.143 e. The highest BCUT2D eigenvalue weighted by molar-refractivity contribution is 9.10. The summed E-state index contributed by atoms with van der Waals surface area (Å²) in [7, 11) is 0. The van der Waals surface area contributed by atoms with Gasteiger partial charge >= 0.3 is 0 Å². The SMILES string of the molecule is Cc1ccnc(N2CCOCC2CN)c1Br. The van der Waals surface area contributed by atoms with Crippen LogP contribution in [0.1, 0.15) is 5.56 Å². The fraction of sp³-hybridized carbons (Fsp3) is 0.545. The van der Waals surface area contributed by atoms with E-state index >= 15 is 0 Å². The summed E-state index contributed by atoms with van der Waals surface area (Å²) in [5.41, 5.74) is 6.94. The molecule has 88 valence electrons. The Labute approximate surface area is 104 Å². The number of aryl methyl sites for hydroxylation is 1. The molecule has 0 aromatic carbocycles. The first-order valence-electron chi connectivity index (χ1n) is 5.39. The van der Waals surface area contributed by atoms with E-state index in [0.29, 0.717) is 13.2 Å². The Morgan fingerprint density at radius 2 is 2.50 bits per heavy atom. The maximum atomic E-state index is 5.75. The molecule has 1 aromatic rings. The Morgan fingerprint density at radius 3 is 3.25 bits per heavy atom. The average Bonchev–Trinajstić information content (AvgIpc) is 2.33. The van der Waals surface area contributed by atoms with Gasteiger partial charge in [0.15, 0.2) is 0 Å². The van der Waals surface area contributed by atoms with Gasteiger partial charge in [0, 0.05) is 19.3 Å². The van der Waals surface area contributed by atoms with Crippen molar-refractivity contribution >= 4 is 21.7 Å². The maximum Gasteiger partial charge on any atom is 0.143 e. The van der Waals surface area contributed by atoms with Gasteiger partial charge in [-0.15, -0.1) is 0 Å². The monoisotopic (exact) mass is 285 g/mol. The molecule has 4 nitrogen and oxygen atoms in total. The van der Waals surface area contributed by atoms with E-state index in [0.717, 1.165) is 23.4 Å². The number of hydrogen-bond donors (Lipinski definition) is 1. The molecule has 0 radical (unpaired) electrons. The van der Waals surface area contributed by atoms with Crippen LogP contribution in [0.5, 0.6) is 0 Å². The maximum absolute atomic E-state index is 5.75. The van der Waals surface area contributed by atoms with Gasteiger partial charge in [0.25, 0.3) is 0 Å². The number of ether oxygens (including phenoxy) is 1. The largest absolute Gasteiger partial charge is 0.377 e. The third-order valence-corrected chi connectivity index (χ3v) is 3.82. The minimum atomic E-state index is 0.222. The minimum Gasteiger partial charge on any atom is -0.377 e. The second kappa shape index (κ2) is 5.12. The van der Waals surface area contributed by atoms with E-state index in [-0.39, 0.29) is 6.04 Å². The molecule has 0 spiro atoms. The molecular weight excluding hydrogens is 270 g/mol. The van der Waals surface area contributed by atoms with Crippen LogP contribution in [0.4, 0.5) is 5.82 Å². The van der Waals surface area contributed by atoms with Crippen molar-refractivity contribution in [2.75, 3.05) is 31.2 Å². The quantitative estimate of drug-likeness (QED) is 0.891. The van der Waals surface area contributed by atoms with Gasteiger partial charge < -0.3 is 15.4 Å². The average molecular weight is 286 g/mol. The van der Waals surface area contributed by atoms with E-state index in [4.69, 9.17) is 10.5 Å². The zero-order valence-electron chi connectivity index (χ0n) is 9.32. The summed E-state index contributed by atoms with van der Waals surface area (Å²) >= 11 is 3.59. The van der Waals surface area contributed by atoms with Crippen molar-refractivity contribution in [2.24, 2.45) is 5.73 Å². The molecule has 1 unspecified atom stereocenters. The number of pyridine rings is 1. The van der Waals surface area contributed by atoms with Crippen molar-refractivity contribution in [1.82, 2.24) is 4.98 Å². The molecule has 1 atom stereocenters. The molecule has 0 saturated carbocycles. The molecule has 1 aliphatic heterocycles. The predicted molar refractivity (Wildman–Crippen MR) is 67.7 cm³/mol. The lowest BCUT2D eigenvalue weighted by Crippen LogP contribution is -2.50. The van der Waals surface area contributed by atoms with E-state index in [2.05, 4.69) is 32.7 Å². The highest BCUT2D eigenvalue weighted by atomic mass is 79.9. The molecule has 0 bridgehead atoms. The van der Waals surface area contributed by atoms with Crippen LogP contribution in [-0.2, 0) is 4.74 Å². The lowest BCUT2D eigenvalue weighted by molar-refractivity contribution is 0.0958.